The summed E-state index contributed by atoms with van der Waals surface area (Å²) in [5.74, 6) is 0. The molecular formula is C13H9N2S. The van der Waals surface area contributed by atoms with Gasteiger partial charge in [-0.1, -0.05) is 12.1 Å². The van der Waals surface area contributed by atoms with Gasteiger partial charge in [-0.2, -0.15) is 0 Å². The Balaban J connectivity index is 2.31. The third-order valence-corrected chi connectivity index (χ3v) is 3.35. The molecule has 0 bridgehead atoms. The van der Waals surface area contributed by atoms with Gasteiger partial charge >= 0.3 is 0 Å². The van der Waals surface area contributed by atoms with Crippen molar-refractivity contribution in [3.05, 3.63) is 47.7 Å². The highest BCUT2D eigenvalue weighted by atomic mass is 32.1. The van der Waals surface area contributed by atoms with Crippen LogP contribution in [0.15, 0.2) is 36.7 Å². The summed E-state index contributed by atoms with van der Waals surface area (Å²) in [5.41, 5.74) is 3.13. The number of fused-ring (bicyclic) bond motifs is 1. The first-order valence-corrected chi connectivity index (χ1v) is 5.84. The highest BCUT2D eigenvalue weighted by Crippen LogP contribution is 2.30. The molecular weight excluding hydrogens is 216 g/mol. The fraction of sp³-hybridized carbons (Fsp3) is 0.0769. The minimum atomic E-state index is 1.03. The van der Waals surface area contributed by atoms with Crippen molar-refractivity contribution in [1.29, 1.82) is 0 Å². The molecule has 2 aromatic heterocycles. The second-order valence-electron chi connectivity index (χ2n) is 3.54. The molecule has 0 N–H and O–H groups in total. The molecule has 16 heavy (non-hydrogen) atoms. The summed E-state index contributed by atoms with van der Waals surface area (Å²) >= 11 is 1.71. The zero-order valence-corrected chi connectivity index (χ0v) is 9.58. The number of aryl methyl sites for hydroxylation is 1. The van der Waals surface area contributed by atoms with Gasteiger partial charge in [-0.3, -0.25) is 4.98 Å². The standard InChI is InChI=1S/C13H9N2S/c1-9-15-13-11(5-2-6-12(13)16-9)10-4-3-7-14-8-10/h2-4,6-8H,1H3. The minimum absolute atomic E-state index is 1.03. The quantitative estimate of drug-likeness (QED) is 0.633. The van der Waals surface area contributed by atoms with E-state index in [4.69, 9.17) is 0 Å². The van der Waals surface area contributed by atoms with Crippen LogP contribution in [0.3, 0.4) is 0 Å². The Morgan fingerprint density at radius 2 is 2.25 bits per heavy atom. The first kappa shape index (κ1) is 9.48. The largest absolute Gasteiger partial charge is 0.264 e. The van der Waals surface area contributed by atoms with E-state index in [1.54, 1.807) is 17.5 Å². The Hall–Kier alpha value is -1.74. The molecule has 0 saturated carbocycles. The van der Waals surface area contributed by atoms with Gasteiger partial charge in [-0.25, -0.2) is 4.98 Å². The molecule has 3 rings (SSSR count). The highest BCUT2D eigenvalue weighted by Gasteiger charge is 2.07. The first-order valence-electron chi connectivity index (χ1n) is 5.03. The molecule has 2 heterocycles. The molecule has 0 spiro atoms. The predicted octanol–water partition coefficient (Wildman–Crippen LogP) is 3.47. The topological polar surface area (TPSA) is 25.8 Å². The number of hydrogen-bond acceptors (Lipinski definition) is 3. The van der Waals surface area contributed by atoms with Gasteiger partial charge in [0.2, 0.25) is 0 Å². The van der Waals surface area contributed by atoms with Gasteiger partial charge in [0, 0.05) is 23.5 Å². The van der Waals surface area contributed by atoms with E-state index in [1.165, 1.54) is 4.70 Å². The molecule has 1 radical (unpaired) electrons. The lowest BCUT2D eigenvalue weighted by atomic mass is 10.1. The second-order valence-corrected chi connectivity index (χ2v) is 4.77. The normalized spacial score (nSPS) is 10.8. The fourth-order valence-electron chi connectivity index (χ4n) is 1.73. The van der Waals surface area contributed by atoms with Crippen LogP contribution >= 0.6 is 11.3 Å². The number of rotatable bonds is 1. The molecule has 0 saturated heterocycles. The predicted molar refractivity (Wildman–Crippen MR) is 66.4 cm³/mol. The number of nitrogens with zero attached hydrogens (tertiary/aromatic N) is 2. The zero-order chi connectivity index (χ0) is 11.0. The van der Waals surface area contributed by atoms with Gasteiger partial charge in [0.25, 0.3) is 0 Å². The van der Waals surface area contributed by atoms with Crippen LogP contribution in [0.25, 0.3) is 21.3 Å². The summed E-state index contributed by atoms with van der Waals surface area (Å²) in [6.07, 6.45) is 3.62. The maximum absolute atomic E-state index is 4.55. The molecule has 3 heteroatoms. The summed E-state index contributed by atoms with van der Waals surface area (Å²) in [7, 11) is 0. The van der Waals surface area contributed by atoms with E-state index < -0.39 is 0 Å². The average molecular weight is 225 g/mol. The van der Waals surface area contributed by atoms with Gasteiger partial charge in [0.1, 0.15) is 0 Å². The van der Waals surface area contributed by atoms with Crippen molar-refractivity contribution < 1.29 is 0 Å². The fourth-order valence-corrected chi connectivity index (χ4v) is 2.57. The molecule has 0 aliphatic rings. The van der Waals surface area contributed by atoms with Crippen LogP contribution in [0.1, 0.15) is 5.01 Å². The summed E-state index contributed by atoms with van der Waals surface area (Å²) in [6, 6.07) is 11.2. The maximum Gasteiger partial charge on any atom is 0.0908 e. The Kier molecular flexibility index (Phi) is 2.18. The lowest BCUT2D eigenvalue weighted by molar-refractivity contribution is 1.32. The third-order valence-electron chi connectivity index (χ3n) is 2.41. The van der Waals surface area contributed by atoms with Gasteiger partial charge in [-0.15, -0.1) is 11.3 Å². The van der Waals surface area contributed by atoms with Crippen molar-refractivity contribution in [2.75, 3.05) is 0 Å². The van der Waals surface area contributed by atoms with Crippen molar-refractivity contribution in [2.24, 2.45) is 0 Å². The lowest BCUT2D eigenvalue weighted by Gasteiger charge is -2.00. The summed E-state index contributed by atoms with van der Waals surface area (Å²) < 4.78 is 1.20. The van der Waals surface area contributed by atoms with Crippen molar-refractivity contribution in [3.63, 3.8) is 0 Å². The number of aromatic nitrogens is 2. The van der Waals surface area contributed by atoms with E-state index in [0.717, 1.165) is 21.7 Å². The zero-order valence-electron chi connectivity index (χ0n) is 8.77. The molecule has 77 valence electrons. The smallest absolute Gasteiger partial charge is 0.0908 e. The summed E-state index contributed by atoms with van der Waals surface area (Å²) in [5, 5.41) is 1.08. The molecule has 0 fully saturated rings. The SMILES string of the molecule is Cc1nc2c(-c3cccnc3)[c]ccc2s1. The Morgan fingerprint density at radius 1 is 1.31 bits per heavy atom. The molecule has 0 aliphatic carbocycles. The summed E-state index contributed by atoms with van der Waals surface area (Å²) in [4.78, 5) is 8.68. The first-order chi connectivity index (χ1) is 7.84. The number of hydrogen-bond donors (Lipinski definition) is 0. The van der Waals surface area contributed by atoms with Crippen LogP contribution in [-0.2, 0) is 0 Å². The molecule has 2 nitrogen and oxygen atoms in total. The molecule has 0 unspecified atom stereocenters. The van der Waals surface area contributed by atoms with Crippen molar-refractivity contribution in [1.82, 2.24) is 9.97 Å². The van der Waals surface area contributed by atoms with Gasteiger partial charge in [-0.05, 0) is 25.1 Å². The minimum Gasteiger partial charge on any atom is -0.264 e. The van der Waals surface area contributed by atoms with E-state index in [9.17, 15) is 0 Å². The third kappa shape index (κ3) is 1.49. The molecule has 1 aromatic carbocycles. The van der Waals surface area contributed by atoms with Gasteiger partial charge in [0.15, 0.2) is 0 Å². The molecule has 3 aromatic rings. The number of pyridine rings is 1. The van der Waals surface area contributed by atoms with Crippen LogP contribution in [0, 0.1) is 13.0 Å². The maximum atomic E-state index is 4.55. The Bertz CT molecular complexity index is 629. The van der Waals surface area contributed by atoms with Gasteiger partial charge < -0.3 is 0 Å². The van der Waals surface area contributed by atoms with Crippen LogP contribution in [-0.4, -0.2) is 9.97 Å². The Morgan fingerprint density at radius 3 is 3.06 bits per heavy atom. The highest BCUT2D eigenvalue weighted by molar-refractivity contribution is 7.18. The van der Waals surface area contributed by atoms with Crippen molar-refractivity contribution >= 4 is 21.6 Å². The van der Waals surface area contributed by atoms with E-state index in [2.05, 4.69) is 22.1 Å². The monoisotopic (exact) mass is 225 g/mol. The van der Waals surface area contributed by atoms with E-state index in [1.807, 2.05) is 31.3 Å². The molecule has 0 atom stereocenters. The van der Waals surface area contributed by atoms with Crippen molar-refractivity contribution in [3.8, 4) is 11.1 Å². The van der Waals surface area contributed by atoms with E-state index >= 15 is 0 Å². The Labute approximate surface area is 97.6 Å². The number of benzene rings is 1. The average Bonchev–Trinajstić information content (AvgIpc) is 2.70. The van der Waals surface area contributed by atoms with E-state index in [-0.39, 0.29) is 0 Å². The van der Waals surface area contributed by atoms with Crippen LogP contribution in [0.2, 0.25) is 0 Å². The van der Waals surface area contributed by atoms with Crippen LogP contribution in [0.5, 0.6) is 0 Å². The van der Waals surface area contributed by atoms with Crippen molar-refractivity contribution in [2.45, 2.75) is 6.92 Å². The molecule has 0 aliphatic heterocycles. The van der Waals surface area contributed by atoms with E-state index in [0.29, 0.717) is 0 Å². The summed E-state index contributed by atoms with van der Waals surface area (Å²) in [6.45, 7) is 2.03. The molecule has 0 amide bonds. The second kappa shape index (κ2) is 3.68. The lowest BCUT2D eigenvalue weighted by Crippen LogP contribution is -1.81. The van der Waals surface area contributed by atoms with Crippen LogP contribution in [0.4, 0.5) is 0 Å². The van der Waals surface area contributed by atoms with Gasteiger partial charge in [0.05, 0.1) is 15.2 Å². The number of thiazole rings is 1. The van der Waals surface area contributed by atoms with Crippen LogP contribution < -0.4 is 0 Å².